The summed E-state index contributed by atoms with van der Waals surface area (Å²) in [6.07, 6.45) is 2.61. The Morgan fingerprint density at radius 1 is 1.55 bits per heavy atom. The third-order valence-electron chi connectivity index (χ3n) is 0.984. The Morgan fingerprint density at radius 2 is 2.09 bits per heavy atom. The second-order valence-corrected chi connectivity index (χ2v) is 2.00. The molecule has 0 spiro atoms. The monoisotopic (exact) mass is 156 g/mol. The van der Waals surface area contributed by atoms with Crippen molar-refractivity contribution in [3.8, 4) is 0 Å². The number of carbonyl (C=O) groups excluding carboxylic acids is 1. The standard InChI is InChI=1S/C7H12N2O2/c1-5(9)3-6(4-8)7(10)11-2/h3-4H,8-9H2,1-2H3/b5-3-,6-4+. The van der Waals surface area contributed by atoms with E-state index in [2.05, 4.69) is 4.74 Å². The first kappa shape index (κ1) is 9.55. The summed E-state index contributed by atoms with van der Waals surface area (Å²) in [6.45, 7) is 1.66. The van der Waals surface area contributed by atoms with Crippen LogP contribution in [0.15, 0.2) is 23.5 Å². The van der Waals surface area contributed by atoms with Crippen molar-refractivity contribution in [1.82, 2.24) is 0 Å². The molecule has 0 saturated carbocycles. The van der Waals surface area contributed by atoms with Crippen LogP contribution in [0.2, 0.25) is 0 Å². The number of rotatable bonds is 2. The zero-order chi connectivity index (χ0) is 8.85. The second kappa shape index (κ2) is 4.38. The molecule has 62 valence electrons. The molecule has 0 aliphatic heterocycles. The predicted octanol–water partition coefficient (Wildman–Crippen LogP) is -0.136. The van der Waals surface area contributed by atoms with E-state index in [9.17, 15) is 4.79 Å². The zero-order valence-electron chi connectivity index (χ0n) is 6.63. The molecule has 4 N–H and O–H groups in total. The van der Waals surface area contributed by atoms with Crippen LogP contribution in [0.1, 0.15) is 6.92 Å². The maximum Gasteiger partial charge on any atom is 0.339 e. The van der Waals surface area contributed by atoms with Gasteiger partial charge in [0.2, 0.25) is 0 Å². The summed E-state index contributed by atoms with van der Waals surface area (Å²) < 4.78 is 4.42. The first-order valence-corrected chi connectivity index (χ1v) is 3.05. The molecule has 0 aromatic heterocycles. The molecule has 0 saturated heterocycles. The van der Waals surface area contributed by atoms with Gasteiger partial charge in [-0.15, -0.1) is 0 Å². The number of esters is 1. The molecule has 0 aliphatic rings. The molecule has 0 radical (unpaired) electrons. The fourth-order valence-electron chi connectivity index (χ4n) is 0.538. The van der Waals surface area contributed by atoms with Crippen molar-refractivity contribution in [3.63, 3.8) is 0 Å². The first-order valence-electron chi connectivity index (χ1n) is 3.05. The van der Waals surface area contributed by atoms with Crippen molar-refractivity contribution in [1.29, 1.82) is 0 Å². The van der Waals surface area contributed by atoms with Crippen LogP contribution in [0.4, 0.5) is 0 Å². The summed E-state index contributed by atoms with van der Waals surface area (Å²) >= 11 is 0. The highest BCUT2D eigenvalue weighted by Gasteiger charge is 2.04. The number of ether oxygens (including phenoxy) is 1. The number of allylic oxidation sites excluding steroid dienone is 1. The molecular formula is C7H12N2O2. The third kappa shape index (κ3) is 3.30. The Morgan fingerprint density at radius 3 is 2.36 bits per heavy atom. The van der Waals surface area contributed by atoms with Gasteiger partial charge in [-0.2, -0.15) is 0 Å². The van der Waals surface area contributed by atoms with Crippen LogP contribution in [-0.2, 0) is 9.53 Å². The van der Waals surface area contributed by atoms with Gasteiger partial charge in [-0.1, -0.05) is 0 Å². The Labute approximate surface area is 65.5 Å². The molecule has 0 aromatic carbocycles. The number of carbonyl (C=O) groups is 1. The quantitative estimate of drug-likeness (QED) is 0.331. The van der Waals surface area contributed by atoms with Crippen LogP contribution < -0.4 is 11.5 Å². The average Bonchev–Trinajstić information content (AvgIpc) is 1.98. The molecular weight excluding hydrogens is 144 g/mol. The van der Waals surface area contributed by atoms with E-state index >= 15 is 0 Å². The molecule has 0 atom stereocenters. The van der Waals surface area contributed by atoms with Crippen molar-refractivity contribution in [2.45, 2.75) is 6.92 Å². The summed E-state index contributed by atoms with van der Waals surface area (Å²) in [4.78, 5) is 10.8. The number of hydrogen-bond acceptors (Lipinski definition) is 4. The Hall–Kier alpha value is -1.45. The van der Waals surface area contributed by atoms with Gasteiger partial charge in [0.05, 0.1) is 12.7 Å². The Kier molecular flexibility index (Phi) is 3.80. The van der Waals surface area contributed by atoms with Crippen molar-refractivity contribution < 1.29 is 9.53 Å². The highest BCUT2D eigenvalue weighted by molar-refractivity contribution is 5.91. The lowest BCUT2D eigenvalue weighted by molar-refractivity contribution is -0.135. The van der Waals surface area contributed by atoms with Crippen LogP contribution in [0.3, 0.4) is 0 Å². The SMILES string of the molecule is COC(=O)C(/C=C(/C)N)=C/N. The number of hydrogen-bond donors (Lipinski definition) is 2. The van der Waals surface area contributed by atoms with Crippen molar-refractivity contribution in [3.05, 3.63) is 23.5 Å². The van der Waals surface area contributed by atoms with Gasteiger partial charge in [0.1, 0.15) is 0 Å². The minimum atomic E-state index is -0.489. The number of methoxy groups -OCH3 is 1. The summed E-state index contributed by atoms with van der Waals surface area (Å²) in [6, 6.07) is 0. The second-order valence-electron chi connectivity index (χ2n) is 2.00. The molecule has 0 bridgehead atoms. The summed E-state index contributed by atoms with van der Waals surface area (Å²) in [5, 5.41) is 0. The van der Waals surface area contributed by atoms with Crippen molar-refractivity contribution in [2.24, 2.45) is 11.5 Å². The lowest BCUT2D eigenvalue weighted by Crippen LogP contribution is -2.06. The van der Waals surface area contributed by atoms with Crippen molar-refractivity contribution >= 4 is 5.97 Å². The maximum atomic E-state index is 10.8. The minimum Gasteiger partial charge on any atom is -0.465 e. The highest BCUT2D eigenvalue weighted by atomic mass is 16.5. The van der Waals surface area contributed by atoms with E-state index in [0.29, 0.717) is 5.70 Å². The predicted molar refractivity (Wildman–Crippen MR) is 42.2 cm³/mol. The van der Waals surface area contributed by atoms with Crippen LogP contribution in [-0.4, -0.2) is 13.1 Å². The molecule has 0 amide bonds. The van der Waals surface area contributed by atoms with Crippen LogP contribution in [0.5, 0.6) is 0 Å². The number of nitrogens with two attached hydrogens (primary N) is 2. The van der Waals surface area contributed by atoms with Gasteiger partial charge in [-0.3, -0.25) is 0 Å². The molecule has 4 heteroatoms. The largest absolute Gasteiger partial charge is 0.465 e. The molecule has 0 fully saturated rings. The van der Waals surface area contributed by atoms with Gasteiger partial charge >= 0.3 is 5.97 Å². The normalized spacial score (nSPS) is 12.9. The van der Waals surface area contributed by atoms with Gasteiger partial charge in [0.25, 0.3) is 0 Å². The van der Waals surface area contributed by atoms with Crippen LogP contribution in [0.25, 0.3) is 0 Å². The average molecular weight is 156 g/mol. The molecule has 4 nitrogen and oxygen atoms in total. The Balaban J connectivity index is 4.45. The summed E-state index contributed by atoms with van der Waals surface area (Å²) in [5.74, 6) is -0.489. The lowest BCUT2D eigenvalue weighted by Gasteiger charge is -1.98. The zero-order valence-corrected chi connectivity index (χ0v) is 6.63. The van der Waals surface area contributed by atoms with Crippen LogP contribution in [0, 0.1) is 0 Å². The smallest absolute Gasteiger partial charge is 0.339 e. The molecule has 0 heterocycles. The van der Waals surface area contributed by atoms with E-state index in [1.165, 1.54) is 13.2 Å². The molecule has 0 aliphatic carbocycles. The van der Waals surface area contributed by atoms with Crippen molar-refractivity contribution in [2.75, 3.05) is 7.11 Å². The highest BCUT2D eigenvalue weighted by Crippen LogP contribution is 1.98. The molecule has 0 unspecified atom stereocenters. The van der Waals surface area contributed by atoms with Gasteiger partial charge in [0.15, 0.2) is 0 Å². The molecule has 0 aromatic rings. The van der Waals surface area contributed by atoms with E-state index in [-0.39, 0.29) is 5.57 Å². The fourth-order valence-corrected chi connectivity index (χ4v) is 0.538. The van der Waals surface area contributed by atoms with E-state index in [0.717, 1.165) is 6.20 Å². The Bertz CT molecular complexity index is 202. The lowest BCUT2D eigenvalue weighted by atomic mass is 10.2. The van der Waals surface area contributed by atoms with Gasteiger partial charge in [0, 0.05) is 11.9 Å². The van der Waals surface area contributed by atoms with E-state index < -0.39 is 5.97 Å². The van der Waals surface area contributed by atoms with Gasteiger partial charge in [-0.05, 0) is 13.0 Å². The van der Waals surface area contributed by atoms with Gasteiger partial charge in [-0.25, -0.2) is 4.79 Å². The third-order valence-corrected chi connectivity index (χ3v) is 0.984. The fraction of sp³-hybridized carbons (Fsp3) is 0.286. The van der Waals surface area contributed by atoms with Gasteiger partial charge < -0.3 is 16.2 Å². The first-order chi connectivity index (χ1) is 5.11. The molecule has 0 rings (SSSR count). The van der Waals surface area contributed by atoms with E-state index in [4.69, 9.17) is 11.5 Å². The topological polar surface area (TPSA) is 78.3 Å². The van der Waals surface area contributed by atoms with Crippen LogP contribution >= 0.6 is 0 Å². The van der Waals surface area contributed by atoms with E-state index in [1.807, 2.05) is 0 Å². The maximum absolute atomic E-state index is 10.8. The minimum absolute atomic E-state index is 0.257. The summed E-state index contributed by atoms with van der Waals surface area (Å²) in [5.41, 5.74) is 11.2. The summed E-state index contributed by atoms with van der Waals surface area (Å²) in [7, 11) is 1.28. The molecule has 11 heavy (non-hydrogen) atoms. The van der Waals surface area contributed by atoms with E-state index in [1.54, 1.807) is 6.92 Å².